The lowest BCUT2D eigenvalue weighted by molar-refractivity contribution is -0.0605. The lowest BCUT2D eigenvalue weighted by Gasteiger charge is -2.51. The van der Waals surface area contributed by atoms with Crippen molar-refractivity contribution in [3.63, 3.8) is 0 Å². The van der Waals surface area contributed by atoms with E-state index in [9.17, 15) is 5.11 Å². The Morgan fingerprint density at radius 3 is 2.45 bits per heavy atom. The summed E-state index contributed by atoms with van der Waals surface area (Å²) in [5.41, 5.74) is 2.90. The molecule has 0 spiro atoms. The number of fused-ring (bicyclic) bond motifs is 1. The molecule has 1 aliphatic carbocycles. The number of nitrogens with zero attached hydrogens (tertiary/aromatic N) is 2. The van der Waals surface area contributed by atoms with Gasteiger partial charge in [0.2, 0.25) is 0 Å². The Morgan fingerprint density at radius 1 is 0.871 bits per heavy atom. The quantitative estimate of drug-likeness (QED) is 0.546. The SMILES string of the molecule is OC1CC2C(CCCN2Cc2cccc(I)c2)CC1N1CCC(c2ccccc2)CC1. The van der Waals surface area contributed by atoms with Crippen molar-refractivity contribution >= 4 is 22.6 Å². The zero-order chi connectivity index (χ0) is 21.2. The normalized spacial score (nSPS) is 30.8. The lowest BCUT2D eigenvalue weighted by Crippen LogP contribution is -2.58. The summed E-state index contributed by atoms with van der Waals surface area (Å²) in [7, 11) is 0. The molecule has 1 N–H and O–H groups in total. The van der Waals surface area contributed by atoms with E-state index in [4.69, 9.17) is 0 Å². The molecule has 2 saturated heterocycles. The van der Waals surface area contributed by atoms with Crippen LogP contribution in [0.2, 0.25) is 0 Å². The van der Waals surface area contributed by atoms with E-state index in [1.165, 1.54) is 53.3 Å². The van der Waals surface area contributed by atoms with Gasteiger partial charge in [0.1, 0.15) is 0 Å². The van der Waals surface area contributed by atoms with Crippen LogP contribution in [0.5, 0.6) is 0 Å². The highest BCUT2D eigenvalue weighted by Gasteiger charge is 2.43. The van der Waals surface area contributed by atoms with Crippen molar-refractivity contribution < 1.29 is 5.11 Å². The molecular weight excluding hydrogens is 495 g/mol. The number of halogens is 1. The van der Waals surface area contributed by atoms with Crippen LogP contribution in [0.3, 0.4) is 0 Å². The zero-order valence-corrected chi connectivity index (χ0v) is 20.5. The summed E-state index contributed by atoms with van der Waals surface area (Å²) in [5, 5.41) is 11.2. The van der Waals surface area contributed by atoms with Crippen molar-refractivity contribution in [3.05, 3.63) is 69.3 Å². The smallest absolute Gasteiger partial charge is 0.0710 e. The van der Waals surface area contributed by atoms with Gasteiger partial charge in [0.05, 0.1) is 6.10 Å². The number of benzene rings is 2. The molecule has 31 heavy (non-hydrogen) atoms. The molecule has 5 rings (SSSR count). The first-order valence-electron chi connectivity index (χ1n) is 12.1. The van der Waals surface area contributed by atoms with Crippen LogP contribution in [0.15, 0.2) is 54.6 Å². The average Bonchev–Trinajstić information content (AvgIpc) is 2.80. The van der Waals surface area contributed by atoms with Gasteiger partial charge >= 0.3 is 0 Å². The summed E-state index contributed by atoms with van der Waals surface area (Å²) in [5.74, 6) is 1.42. The van der Waals surface area contributed by atoms with E-state index in [1.54, 1.807) is 0 Å². The molecule has 0 bridgehead atoms. The summed E-state index contributed by atoms with van der Waals surface area (Å²) in [6, 6.07) is 20.8. The first-order chi connectivity index (χ1) is 15.2. The molecule has 2 aliphatic heterocycles. The van der Waals surface area contributed by atoms with E-state index in [0.717, 1.165) is 32.0 Å². The van der Waals surface area contributed by atoms with Gasteiger partial charge in [0, 0.05) is 22.2 Å². The van der Waals surface area contributed by atoms with Crippen LogP contribution < -0.4 is 0 Å². The predicted molar refractivity (Wildman–Crippen MR) is 135 cm³/mol. The highest BCUT2D eigenvalue weighted by Crippen LogP contribution is 2.40. The molecule has 1 saturated carbocycles. The molecule has 3 aliphatic rings. The number of aliphatic hydroxyl groups is 1. The van der Waals surface area contributed by atoms with E-state index in [1.807, 2.05) is 0 Å². The number of likely N-dealkylation sites (tertiary alicyclic amines) is 2. The lowest BCUT2D eigenvalue weighted by atomic mass is 9.73. The van der Waals surface area contributed by atoms with Crippen molar-refractivity contribution in [3.8, 4) is 0 Å². The second-order valence-electron chi connectivity index (χ2n) is 9.90. The Hall–Kier alpha value is -0.950. The Kier molecular flexibility index (Phi) is 6.98. The fourth-order valence-electron chi connectivity index (χ4n) is 6.45. The van der Waals surface area contributed by atoms with Crippen LogP contribution in [-0.4, -0.2) is 52.7 Å². The fourth-order valence-corrected chi connectivity index (χ4v) is 7.06. The van der Waals surface area contributed by atoms with Gasteiger partial charge in [-0.05, 0) is 116 Å². The maximum absolute atomic E-state index is 11.2. The topological polar surface area (TPSA) is 26.7 Å². The van der Waals surface area contributed by atoms with Crippen LogP contribution in [0.25, 0.3) is 0 Å². The average molecular weight is 530 g/mol. The molecule has 4 unspecified atom stereocenters. The van der Waals surface area contributed by atoms with Crippen LogP contribution in [0.1, 0.15) is 55.6 Å². The van der Waals surface area contributed by atoms with Crippen molar-refractivity contribution in [1.82, 2.24) is 9.80 Å². The molecule has 3 fully saturated rings. The van der Waals surface area contributed by atoms with Crippen LogP contribution in [-0.2, 0) is 6.54 Å². The van der Waals surface area contributed by atoms with Gasteiger partial charge in [-0.15, -0.1) is 0 Å². The largest absolute Gasteiger partial charge is 0.391 e. The first-order valence-corrected chi connectivity index (χ1v) is 13.2. The minimum Gasteiger partial charge on any atom is -0.391 e. The Labute approximate surface area is 201 Å². The molecule has 0 radical (unpaired) electrons. The van der Waals surface area contributed by atoms with Gasteiger partial charge in [-0.2, -0.15) is 0 Å². The summed E-state index contributed by atoms with van der Waals surface area (Å²) in [6.45, 7) is 4.46. The van der Waals surface area contributed by atoms with Crippen LogP contribution in [0, 0.1) is 9.49 Å². The Bertz CT molecular complexity index is 851. The summed E-state index contributed by atoms with van der Waals surface area (Å²) < 4.78 is 1.31. The van der Waals surface area contributed by atoms with E-state index >= 15 is 0 Å². The van der Waals surface area contributed by atoms with E-state index < -0.39 is 0 Å². The van der Waals surface area contributed by atoms with Crippen LogP contribution in [0.4, 0.5) is 0 Å². The van der Waals surface area contributed by atoms with Crippen LogP contribution >= 0.6 is 22.6 Å². The number of rotatable bonds is 4. The van der Waals surface area contributed by atoms with Gasteiger partial charge in [0.15, 0.2) is 0 Å². The maximum Gasteiger partial charge on any atom is 0.0710 e. The Balaban J connectivity index is 1.21. The van der Waals surface area contributed by atoms with Gasteiger partial charge in [-0.3, -0.25) is 9.80 Å². The monoisotopic (exact) mass is 530 g/mol. The van der Waals surface area contributed by atoms with E-state index in [-0.39, 0.29) is 6.10 Å². The third kappa shape index (κ3) is 5.02. The van der Waals surface area contributed by atoms with Gasteiger partial charge in [-0.1, -0.05) is 42.5 Å². The summed E-state index contributed by atoms with van der Waals surface area (Å²) in [4.78, 5) is 5.29. The number of piperidine rings is 2. The van der Waals surface area contributed by atoms with E-state index in [2.05, 4.69) is 87.0 Å². The maximum atomic E-state index is 11.2. The molecule has 0 aromatic heterocycles. The highest BCUT2D eigenvalue weighted by molar-refractivity contribution is 14.1. The Morgan fingerprint density at radius 2 is 1.68 bits per heavy atom. The van der Waals surface area contributed by atoms with Gasteiger partial charge in [-0.25, -0.2) is 0 Å². The fraction of sp³-hybridized carbons (Fsp3) is 0.556. The second kappa shape index (κ2) is 9.90. The highest BCUT2D eigenvalue weighted by atomic mass is 127. The first kappa shape index (κ1) is 21.9. The van der Waals surface area contributed by atoms with Crippen molar-refractivity contribution in [1.29, 1.82) is 0 Å². The molecule has 2 aromatic carbocycles. The number of aliphatic hydroxyl groups excluding tert-OH is 1. The molecule has 166 valence electrons. The summed E-state index contributed by atoms with van der Waals surface area (Å²) >= 11 is 2.41. The molecule has 2 heterocycles. The predicted octanol–water partition coefficient (Wildman–Crippen LogP) is 5.27. The molecule has 4 heteroatoms. The summed E-state index contributed by atoms with van der Waals surface area (Å²) in [6.07, 6.45) is 7.00. The third-order valence-corrected chi connectivity index (χ3v) is 8.72. The standard InChI is InChI=1S/C27H35IN2O/c28-24-10-4-6-20(16-24)19-30-13-5-9-23-17-26(27(31)18-25(23)30)29-14-11-22(12-15-29)21-7-2-1-3-8-21/h1-4,6-8,10,16,22-23,25-27,31H,5,9,11-15,17-19H2. The van der Waals surface area contributed by atoms with Gasteiger partial charge in [0.25, 0.3) is 0 Å². The van der Waals surface area contributed by atoms with Gasteiger partial charge < -0.3 is 5.11 Å². The molecule has 2 aromatic rings. The van der Waals surface area contributed by atoms with Crippen molar-refractivity contribution in [2.45, 2.75) is 69.2 Å². The van der Waals surface area contributed by atoms with Crippen molar-refractivity contribution in [2.24, 2.45) is 5.92 Å². The third-order valence-electron chi connectivity index (χ3n) is 8.05. The number of hydrogen-bond donors (Lipinski definition) is 1. The minimum atomic E-state index is -0.189. The number of hydrogen-bond acceptors (Lipinski definition) is 3. The molecule has 0 amide bonds. The molecule has 3 nitrogen and oxygen atoms in total. The van der Waals surface area contributed by atoms with Crippen molar-refractivity contribution in [2.75, 3.05) is 19.6 Å². The van der Waals surface area contributed by atoms with E-state index in [0.29, 0.717) is 18.0 Å². The second-order valence-corrected chi connectivity index (χ2v) is 11.1. The molecular formula is C27H35IN2O. The zero-order valence-electron chi connectivity index (χ0n) is 18.4. The molecule has 4 atom stereocenters. The minimum absolute atomic E-state index is 0.189.